The molecule has 1 nitrogen and oxygen atoms in total. The number of aliphatic hydroxyl groups is 1. The average Bonchev–Trinajstić information content (AvgIpc) is 2.62. The molecule has 2 atom stereocenters. The van der Waals surface area contributed by atoms with E-state index in [-0.39, 0.29) is 6.61 Å². The van der Waals surface area contributed by atoms with Gasteiger partial charge in [-0.05, 0) is 12.3 Å². The molecule has 0 aromatic rings. The Morgan fingerprint density at radius 3 is 2.82 bits per heavy atom. The van der Waals surface area contributed by atoms with Crippen LogP contribution in [0.5, 0.6) is 0 Å². The van der Waals surface area contributed by atoms with Crippen LogP contribution in [0, 0.1) is 5.92 Å². The van der Waals surface area contributed by atoms with Crippen molar-refractivity contribution in [3.63, 3.8) is 0 Å². The molecule has 0 amide bonds. The van der Waals surface area contributed by atoms with Gasteiger partial charge in [0.1, 0.15) is 0 Å². The van der Waals surface area contributed by atoms with Gasteiger partial charge in [0.25, 0.3) is 0 Å². The number of allylic oxidation sites excluding steroid dienone is 3. The first kappa shape index (κ1) is 9.30. The molecule has 0 bridgehead atoms. The zero-order valence-electron chi connectivity index (χ0n) is 6.00. The fourth-order valence-electron chi connectivity index (χ4n) is 0.779. The number of alkyl halides is 1. The maximum atomic E-state index is 8.46. The smallest absolute Gasteiger partial charge is 0.0615 e. The van der Waals surface area contributed by atoms with E-state index in [4.69, 9.17) is 16.7 Å². The molecule has 3 heteroatoms. The predicted octanol–water partition coefficient (Wildman–Crippen LogP) is 2.44. The molecule has 1 saturated carbocycles. The van der Waals surface area contributed by atoms with Gasteiger partial charge >= 0.3 is 0 Å². The van der Waals surface area contributed by atoms with Crippen LogP contribution >= 0.6 is 27.5 Å². The van der Waals surface area contributed by atoms with Crippen LogP contribution in [0.3, 0.4) is 0 Å². The molecular formula is C8H10BrClO. The molecule has 1 aliphatic carbocycles. The van der Waals surface area contributed by atoms with Gasteiger partial charge in [-0.3, -0.25) is 0 Å². The Hall–Kier alpha value is 0.210. The standard InChI is InChI=1S/C8H10BrClO/c9-7(2-1-3-11)4-6-5-8(6)10/h1-2,4,6,8,11H,3,5H2/b2-1+,7-4-/t6-,8-/m1/s1. The van der Waals surface area contributed by atoms with Crippen LogP contribution in [0.4, 0.5) is 0 Å². The Bertz CT molecular complexity index is 189. The summed E-state index contributed by atoms with van der Waals surface area (Å²) in [7, 11) is 0. The van der Waals surface area contributed by atoms with Crippen molar-refractivity contribution in [1.29, 1.82) is 0 Å². The van der Waals surface area contributed by atoms with Crippen molar-refractivity contribution >= 4 is 27.5 Å². The van der Waals surface area contributed by atoms with Gasteiger partial charge in [0.05, 0.1) is 6.61 Å². The van der Waals surface area contributed by atoms with Crippen LogP contribution in [-0.2, 0) is 0 Å². The average molecular weight is 238 g/mol. The Labute approximate surface area is 79.9 Å². The van der Waals surface area contributed by atoms with Crippen LogP contribution in [-0.4, -0.2) is 17.1 Å². The highest BCUT2D eigenvalue weighted by Crippen LogP contribution is 2.38. The highest BCUT2D eigenvalue weighted by atomic mass is 79.9. The third-order valence-corrected chi connectivity index (χ3v) is 2.55. The van der Waals surface area contributed by atoms with Crippen molar-refractivity contribution in [3.8, 4) is 0 Å². The minimum Gasteiger partial charge on any atom is -0.392 e. The van der Waals surface area contributed by atoms with Crippen molar-refractivity contribution in [2.45, 2.75) is 11.8 Å². The molecule has 0 aliphatic heterocycles. The second-order valence-corrected chi connectivity index (χ2v) is 4.03. The highest BCUT2D eigenvalue weighted by Gasteiger charge is 2.32. The first-order valence-electron chi connectivity index (χ1n) is 3.53. The molecule has 62 valence electrons. The summed E-state index contributed by atoms with van der Waals surface area (Å²) in [6.45, 7) is 0.0813. The highest BCUT2D eigenvalue weighted by molar-refractivity contribution is 9.11. The second kappa shape index (κ2) is 4.29. The zero-order valence-corrected chi connectivity index (χ0v) is 8.35. The fraction of sp³-hybridized carbons (Fsp3) is 0.500. The lowest BCUT2D eigenvalue weighted by Crippen LogP contribution is -1.74. The fourth-order valence-corrected chi connectivity index (χ4v) is 1.58. The second-order valence-electron chi connectivity index (χ2n) is 2.55. The molecule has 0 aromatic carbocycles. The van der Waals surface area contributed by atoms with Crippen LogP contribution in [0.1, 0.15) is 6.42 Å². The molecule has 0 radical (unpaired) electrons. The number of hydrogen-bond acceptors (Lipinski definition) is 1. The Kier molecular flexibility index (Phi) is 3.63. The molecular weight excluding hydrogens is 227 g/mol. The van der Waals surface area contributed by atoms with Crippen molar-refractivity contribution in [1.82, 2.24) is 0 Å². The Morgan fingerprint density at radius 2 is 2.36 bits per heavy atom. The first-order chi connectivity index (χ1) is 5.24. The van der Waals surface area contributed by atoms with E-state index in [1.165, 1.54) is 0 Å². The Balaban J connectivity index is 2.34. The quantitative estimate of drug-likeness (QED) is 0.590. The zero-order chi connectivity index (χ0) is 8.27. The third kappa shape index (κ3) is 3.41. The lowest BCUT2D eigenvalue weighted by Gasteiger charge is -1.87. The topological polar surface area (TPSA) is 20.2 Å². The minimum atomic E-state index is 0.0813. The number of aliphatic hydroxyl groups excluding tert-OH is 1. The van der Waals surface area contributed by atoms with Crippen LogP contribution in [0.15, 0.2) is 22.7 Å². The van der Waals surface area contributed by atoms with Crippen LogP contribution in [0.2, 0.25) is 0 Å². The maximum Gasteiger partial charge on any atom is 0.0615 e. The summed E-state index contributed by atoms with van der Waals surface area (Å²) >= 11 is 9.14. The van der Waals surface area contributed by atoms with E-state index >= 15 is 0 Å². The first-order valence-corrected chi connectivity index (χ1v) is 4.75. The molecule has 1 fully saturated rings. The summed E-state index contributed by atoms with van der Waals surface area (Å²) in [5.41, 5.74) is 0. The Morgan fingerprint density at radius 1 is 1.73 bits per heavy atom. The number of hydrogen-bond donors (Lipinski definition) is 1. The van der Waals surface area contributed by atoms with Gasteiger partial charge in [-0.1, -0.05) is 34.2 Å². The van der Waals surface area contributed by atoms with E-state index in [0.29, 0.717) is 11.3 Å². The van der Waals surface area contributed by atoms with Crippen LogP contribution in [0.25, 0.3) is 0 Å². The van der Waals surface area contributed by atoms with E-state index in [9.17, 15) is 0 Å². The number of halogens is 2. The van der Waals surface area contributed by atoms with Crippen molar-refractivity contribution < 1.29 is 5.11 Å². The molecule has 1 rings (SSSR count). The van der Waals surface area contributed by atoms with Gasteiger partial charge in [-0.2, -0.15) is 0 Å². The number of rotatable bonds is 3. The van der Waals surface area contributed by atoms with E-state index in [1.807, 2.05) is 6.08 Å². The van der Waals surface area contributed by atoms with E-state index in [1.54, 1.807) is 6.08 Å². The monoisotopic (exact) mass is 236 g/mol. The predicted molar refractivity (Wildman–Crippen MR) is 51.0 cm³/mol. The molecule has 0 heterocycles. The van der Waals surface area contributed by atoms with Crippen molar-refractivity contribution in [2.75, 3.05) is 6.61 Å². The van der Waals surface area contributed by atoms with E-state index < -0.39 is 0 Å². The SMILES string of the molecule is OC/C=C/C(Br)=C/[C@@H]1C[C@H]1Cl. The van der Waals surface area contributed by atoms with Gasteiger partial charge in [0.2, 0.25) is 0 Å². The lowest BCUT2D eigenvalue weighted by atomic mass is 10.3. The van der Waals surface area contributed by atoms with Crippen molar-refractivity contribution in [3.05, 3.63) is 22.7 Å². The minimum absolute atomic E-state index is 0.0813. The summed E-state index contributed by atoms with van der Waals surface area (Å²) in [5, 5.41) is 8.78. The molecule has 0 spiro atoms. The van der Waals surface area contributed by atoms with Crippen LogP contribution < -0.4 is 0 Å². The normalized spacial score (nSPS) is 31.4. The summed E-state index contributed by atoms with van der Waals surface area (Å²) < 4.78 is 1.000. The lowest BCUT2D eigenvalue weighted by molar-refractivity contribution is 0.342. The molecule has 0 saturated heterocycles. The van der Waals surface area contributed by atoms with Gasteiger partial charge in [0, 0.05) is 9.86 Å². The van der Waals surface area contributed by atoms with Crippen molar-refractivity contribution in [2.24, 2.45) is 5.92 Å². The largest absolute Gasteiger partial charge is 0.392 e. The van der Waals surface area contributed by atoms with Gasteiger partial charge in [0.15, 0.2) is 0 Å². The summed E-state index contributed by atoms with van der Waals surface area (Å²) in [4.78, 5) is 0. The molecule has 1 N–H and O–H groups in total. The summed E-state index contributed by atoms with van der Waals surface area (Å²) in [6.07, 6.45) is 6.67. The molecule has 1 aliphatic rings. The molecule has 0 aromatic heterocycles. The maximum absolute atomic E-state index is 8.46. The molecule has 0 unspecified atom stereocenters. The van der Waals surface area contributed by atoms with E-state index in [2.05, 4.69) is 22.0 Å². The van der Waals surface area contributed by atoms with Gasteiger partial charge in [-0.15, -0.1) is 11.6 Å². The third-order valence-electron chi connectivity index (χ3n) is 1.51. The molecule has 11 heavy (non-hydrogen) atoms. The summed E-state index contributed by atoms with van der Waals surface area (Å²) in [6, 6.07) is 0. The van der Waals surface area contributed by atoms with Gasteiger partial charge < -0.3 is 5.11 Å². The van der Waals surface area contributed by atoms with E-state index in [0.717, 1.165) is 10.9 Å². The summed E-state index contributed by atoms with van der Waals surface area (Å²) in [5.74, 6) is 0.523. The van der Waals surface area contributed by atoms with Gasteiger partial charge in [-0.25, -0.2) is 0 Å².